The van der Waals surface area contributed by atoms with E-state index in [1.54, 1.807) is 0 Å². The molecule has 0 amide bonds. The van der Waals surface area contributed by atoms with E-state index in [1.807, 2.05) is 0 Å². The zero-order chi connectivity index (χ0) is 11.0. The topological polar surface area (TPSA) is 124 Å². The van der Waals surface area contributed by atoms with Gasteiger partial charge in [-0.25, -0.2) is 10.2 Å². The van der Waals surface area contributed by atoms with Crippen molar-refractivity contribution in [2.24, 2.45) is 11.0 Å². The fourth-order valence-corrected chi connectivity index (χ4v) is 0.966. The van der Waals surface area contributed by atoms with Crippen molar-refractivity contribution in [1.82, 2.24) is 5.43 Å². The number of carboxylic acids is 1. The van der Waals surface area contributed by atoms with Crippen molar-refractivity contribution in [3.05, 3.63) is 10.4 Å². The smallest absolute Gasteiger partial charge is 0.351 e. The molecule has 14 heavy (non-hydrogen) atoms. The van der Waals surface area contributed by atoms with Crippen molar-refractivity contribution in [2.45, 2.75) is 31.7 Å². The Morgan fingerprint density at radius 3 is 2.79 bits per heavy atom. The van der Waals surface area contributed by atoms with Gasteiger partial charge in [0.2, 0.25) is 5.54 Å². The van der Waals surface area contributed by atoms with E-state index in [0.29, 0.717) is 19.4 Å². The van der Waals surface area contributed by atoms with Gasteiger partial charge in [-0.05, 0) is 31.5 Å². The lowest BCUT2D eigenvalue weighted by molar-refractivity contribution is -0.144. The van der Waals surface area contributed by atoms with Gasteiger partial charge in [0.05, 0.1) is 0 Å². The van der Waals surface area contributed by atoms with Crippen LogP contribution in [0.3, 0.4) is 0 Å². The number of hydrogen-bond donors (Lipinski definition) is 3. The summed E-state index contributed by atoms with van der Waals surface area (Å²) in [4.78, 5) is 13.3. The van der Waals surface area contributed by atoms with Crippen LogP contribution in [-0.2, 0) is 4.79 Å². The first kappa shape index (κ1) is 12.5. The number of carbonyl (C=O) groups is 1. The fourth-order valence-electron chi connectivity index (χ4n) is 0.966. The van der Waals surface area contributed by atoms with Crippen LogP contribution >= 0.6 is 0 Å². The average Bonchev–Trinajstić information content (AvgIpc) is 2.15. The van der Waals surface area contributed by atoms with Gasteiger partial charge in [-0.15, -0.1) is 5.53 Å². The summed E-state index contributed by atoms with van der Waals surface area (Å²) in [6, 6.07) is 0. The fraction of sp³-hybridized carbons (Fsp3) is 0.857. The molecule has 0 aromatic rings. The van der Waals surface area contributed by atoms with Gasteiger partial charge in [-0.2, -0.15) is 4.91 Å². The van der Waals surface area contributed by atoms with Crippen LogP contribution in [0.25, 0.3) is 10.4 Å². The van der Waals surface area contributed by atoms with Gasteiger partial charge in [0.15, 0.2) is 0 Å². The van der Waals surface area contributed by atoms with Gasteiger partial charge in [0.25, 0.3) is 0 Å². The highest BCUT2D eigenvalue weighted by Crippen LogP contribution is 2.14. The normalized spacial score (nSPS) is 13.9. The van der Waals surface area contributed by atoms with Crippen LogP contribution < -0.4 is 11.2 Å². The number of nitrogens with one attached hydrogen (secondary N) is 1. The van der Waals surface area contributed by atoms with E-state index in [-0.39, 0.29) is 0 Å². The second-order valence-electron chi connectivity index (χ2n) is 3.18. The summed E-state index contributed by atoms with van der Waals surface area (Å²) >= 11 is 0. The molecule has 0 unspecified atom stereocenters. The Hall–Kier alpha value is -1.46. The number of carboxylic acid groups (broad SMARTS) is 1. The largest absolute Gasteiger partial charge is 0.478 e. The number of unbranched alkanes of at least 4 members (excludes halogenated alkanes) is 1. The molecule has 0 saturated carbocycles. The molecule has 0 aliphatic rings. The minimum Gasteiger partial charge on any atom is -0.478 e. The Morgan fingerprint density at radius 1 is 1.71 bits per heavy atom. The maximum Gasteiger partial charge on any atom is 0.351 e. The lowest BCUT2D eigenvalue weighted by atomic mass is 9.96. The Balaban J connectivity index is 4.23. The second kappa shape index (κ2) is 6.06. The third-order valence-corrected chi connectivity index (χ3v) is 1.94. The van der Waals surface area contributed by atoms with Gasteiger partial charge in [-0.1, -0.05) is 0 Å². The Labute approximate surface area is 81.9 Å². The second-order valence-corrected chi connectivity index (χ2v) is 3.18. The molecule has 0 bridgehead atoms. The molecule has 0 rings (SSSR count). The van der Waals surface area contributed by atoms with Gasteiger partial charge >= 0.3 is 5.97 Å². The van der Waals surface area contributed by atoms with Gasteiger partial charge in [0.1, 0.15) is 0 Å². The molecular weight excluding hydrogens is 186 g/mol. The molecule has 1 atom stereocenters. The summed E-state index contributed by atoms with van der Waals surface area (Å²) in [5, 5.41) is 11.9. The SMILES string of the molecule is C[C@@](CCCCN)(NN=[N+]=[N-])C(=O)O. The van der Waals surface area contributed by atoms with Crippen molar-refractivity contribution < 1.29 is 9.90 Å². The zero-order valence-electron chi connectivity index (χ0n) is 8.10. The summed E-state index contributed by atoms with van der Waals surface area (Å²) in [5.74, 6) is -1.04. The number of rotatable bonds is 7. The Morgan fingerprint density at radius 2 is 2.36 bits per heavy atom. The van der Waals surface area contributed by atoms with Crippen LogP contribution in [0.5, 0.6) is 0 Å². The summed E-state index contributed by atoms with van der Waals surface area (Å²) in [7, 11) is 0. The third kappa shape index (κ3) is 3.97. The van der Waals surface area contributed by atoms with E-state index in [1.165, 1.54) is 6.92 Å². The van der Waals surface area contributed by atoms with Crippen molar-refractivity contribution in [3.8, 4) is 0 Å². The molecule has 0 spiro atoms. The highest BCUT2D eigenvalue weighted by atomic mass is 16.4. The van der Waals surface area contributed by atoms with Crippen molar-refractivity contribution >= 4 is 5.97 Å². The molecule has 0 heterocycles. The van der Waals surface area contributed by atoms with Crippen LogP contribution in [0.15, 0.2) is 5.22 Å². The summed E-state index contributed by atoms with van der Waals surface area (Å²) in [6.45, 7) is 2.00. The van der Waals surface area contributed by atoms with E-state index in [0.717, 1.165) is 6.42 Å². The Kier molecular flexibility index (Phi) is 5.43. The first-order chi connectivity index (χ1) is 6.56. The summed E-state index contributed by atoms with van der Waals surface area (Å²) < 4.78 is 0. The average molecular weight is 201 g/mol. The molecule has 0 radical (unpaired) electrons. The monoisotopic (exact) mass is 201 g/mol. The molecule has 0 saturated heterocycles. The maximum absolute atomic E-state index is 10.8. The van der Waals surface area contributed by atoms with Crippen LogP contribution in [0.1, 0.15) is 26.2 Å². The summed E-state index contributed by atoms with van der Waals surface area (Å²) in [6.07, 6.45) is 1.80. The lowest BCUT2D eigenvalue weighted by Crippen LogP contribution is -2.46. The van der Waals surface area contributed by atoms with Crippen LogP contribution in [0.4, 0.5) is 0 Å². The molecule has 7 nitrogen and oxygen atoms in total. The molecule has 0 fully saturated rings. The van der Waals surface area contributed by atoms with Gasteiger partial charge < -0.3 is 10.8 Å². The highest BCUT2D eigenvalue weighted by molar-refractivity contribution is 5.78. The van der Waals surface area contributed by atoms with Crippen LogP contribution in [0, 0.1) is 0 Å². The van der Waals surface area contributed by atoms with Gasteiger partial charge in [-0.3, -0.25) is 0 Å². The maximum atomic E-state index is 10.8. The van der Waals surface area contributed by atoms with E-state index < -0.39 is 11.5 Å². The van der Waals surface area contributed by atoms with E-state index in [9.17, 15) is 4.79 Å². The van der Waals surface area contributed by atoms with Crippen LogP contribution in [-0.4, -0.2) is 23.2 Å². The van der Waals surface area contributed by atoms with E-state index >= 15 is 0 Å². The minimum atomic E-state index is -1.21. The first-order valence-corrected chi connectivity index (χ1v) is 4.31. The zero-order valence-corrected chi connectivity index (χ0v) is 8.10. The third-order valence-electron chi connectivity index (χ3n) is 1.94. The molecule has 7 heteroatoms. The number of nitrogens with two attached hydrogens (primary N) is 1. The number of azide groups is 1. The molecule has 0 aromatic carbocycles. The molecule has 0 aliphatic carbocycles. The number of aliphatic carboxylic acids is 1. The van der Waals surface area contributed by atoms with Gasteiger partial charge in [0, 0.05) is 6.42 Å². The predicted molar refractivity (Wildman–Crippen MR) is 51.2 cm³/mol. The molecule has 0 aliphatic heterocycles. The van der Waals surface area contributed by atoms with Crippen molar-refractivity contribution in [1.29, 1.82) is 0 Å². The van der Waals surface area contributed by atoms with Crippen molar-refractivity contribution in [3.63, 3.8) is 0 Å². The quantitative estimate of drug-likeness (QED) is 0.185. The molecule has 4 N–H and O–H groups in total. The minimum absolute atomic E-state index is 0.374. The number of hydrogen-bond acceptors (Lipinski definition) is 3. The lowest BCUT2D eigenvalue weighted by Gasteiger charge is -2.20. The summed E-state index contributed by atoms with van der Waals surface area (Å²) in [5.41, 5.74) is 14.4. The molecule has 0 aromatic heterocycles. The van der Waals surface area contributed by atoms with Crippen LogP contribution in [0.2, 0.25) is 0 Å². The predicted octanol–water partition coefficient (Wildman–Crippen LogP) is 0.774. The Bertz CT molecular complexity index is 238. The van der Waals surface area contributed by atoms with E-state index in [4.69, 9.17) is 16.4 Å². The van der Waals surface area contributed by atoms with Crippen molar-refractivity contribution in [2.75, 3.05) is 6.54 Å². The molecular formula is C7H15N5O2. The molecule has 80 valence electrons. The number of nitrogens with zero attached hydrogens (tertiary/aromatic N) is 3. The standard InChI is InChI=1S/C7H15N5O2/c1-7(6(13)14,10-12-11-9)4-2-3-5-8/h10H,2-5,8H2,1H3,(H,13,14)/t7-/m0/s1. The van der Waals surface area contributed by atoms with E-state index in [2.05, 4.69) is 15.6 Å². The highest BCUT2D eigenvalue weighted by Gasteiger charge is 2.35. The first-order valence-electron chi connectivity index (χ1n) is 4.31.